The van der Waals surface area contributed by atoms with Gasteiger partial charge in [-0.1, -0.05) is 6.92 Å². The minimum absolute atomic E-state index is 0.469. The third-order valence-electron chi connectivity index (χ3n) is 1.68. The lowest BCUT2D eigenvalue weighted by atomic mass is 10.00. The van der Waals surface area contributed by atoms with Gasteiger partial charge in [-0.3, -0.25) is 0 Å². The lowest BCUT2D eigenvalue weighted by Crippen LogP contribution is -2.27. The van der Waals surface area contributed by atoms with Crippen LogP contribution in [0.1, 0.15) is 26.7 Å². The molecule has 0 spiro atoms. The predicted octanol–water partition coefficient (Wildman–Crippen LogP) is 0.757. The fourth-order valence-electron chi connectivity index (χ4n) is 0.571. The molecule has 9 heavy (non-hydrogen) atoms. The van der Waals surface area contributed by atoms with Gasteiger partial charge in [-0.15, -0.1) is 0 Å². The highest BCUT2D eigenvalue weighted by atomic mass is 16.3. The molecule has 0 aromatic heterocycles. The molecule has 0 aliphatic heterocycles. The summed E-state index contributed by atoms with van der Waals surface area (Å²) < 4.78 is 0. The Labute approximate surface area is 57.3 Å². The van der Waals surface area contributed by atoms with Crippen molar-refractivity contribution in [1.29, 1.82) is 0 Å². The van der Waals surface area contributed by atoms with Crippen LogP contribution in [-0.2, 0) is 0 Å². The first-order valence-corrected chi connectivity index (χ1v) is 3.49. The molecule has 0 aromatic carbocycles. The van der Waals surface area contributed by atoms with Gasteiger partial charge in [0.25, 0.3) is 0 Å². The molecule has 0 saturated heterocycles. The van der Waals surface area contributed by atoms with Crippen LogP contribution in [-0.4, -0.2) is 24.3 Å². The van der Waals surface area contributed by atoms with Crippen LogP contribution >= 0.6 is 0 Å². The van der Waals surface area contributed by atoms with Gasteiger partial charge in [0.1, 0.15) is 0 Å². The molecule has 1 unspecified atom stereocenters. The third-order valence-corrected chi connectivity index (χ3v) is 1.68. The normalized spacial score (nSPS) is 17.3. The largest absolute Gasteiger partial charge is 0.390 e. The molecular weight excluding hydrogens is 114 g/mol. The van der Waals surface area contributed by atoms with Crippen molar-refractivity contribution in [3.8, 4) is 0 Å². The summed E-state index contributed by atoms with van der Waals surface area (Å²) >= 11 is 0. The van der Waals surface area contributed by atoms with E-state index in [1.807, 2.05) is 20.9 Å². The van der Waals surface area contributed by atoms with Crippen LogP contribution in [0.25, 0.3) is 0 Å². The Bertz CT molecular complexity index is 71.3. The maximum atomic E-state index is 9.41. The van der Waals surface area contributed by atoms with Crippen molar-refractivity contribution in [2.45, 2.75) is 32.3 Å². The first-order chi connectivity index (χ1) is 4.12. The highest BCUT2D eigenvalue weighted by molar-refractivity contribution is 4.70. The van der Waals surface area contributed by atoms with Crippen LogP contribution in [0.4, 0.5) is 0 Å². The van der Waals surface area contributed by atoms with Gasteiger partial charge in [-0.2, -0.15) is 0 Å². The number of hydrogen-bond donors (Lipinski definition) is 2. The van der Waals surface area contributed by atoms with Crippen molar-refractivity contribution in [3.05, 3.63) is 0 Å². The Kier molecular flexibility index (Phi) is 3.82. The van der Waals surface area contributed by atoms with Gasteiger partial charge in [-0.05, 0) is 33.4 Å². The molecule has 0 rings (SSSR count). The van der Waals surface area contributed by atoms with Crippen molar-refractivity contribution in [1.82, 2.24) is 5.32 Å². The van der Waals surface area contributed by atoms with Crippen molar-refractivity contribution in [2.24, 2.45) is 0 Å². The molecule has 0 aliphatic carbocycles. The molecule has 0 amide bonds. The van der Waals surface area contributed by atoms with E-state index in [0.717, 1.165) is 19.4 Å². The van der Waals surface area contributed by atoms with Crippen molar-refractivity contribution in [2.75, 3.05) is 13.6 Å². The summed E-state index contributed by atoms with van der Waals surface area (Å²) in [4.78, 5) is 0. The zero-order chi connectivity index (χ0) is 7.33. The van der Waals surface area contributed by atoms with Gasteiger partial charge < -0.3 is 10.4 Å². The molecule has 2 N–H and O–H groups in total. The van der Waals surface area contributed by atoms with Crippen LogP contribution in [0.5, 0.6) is 0 Å². The predicted molar refractivity (Wildman–Crippen MR) is 39.5 cm³/mol. The summed E-state index contributed by atoms with van der Waals surface area (Å²) in [5.41, 5.74) is -0.469. The SMILES string of the molecule is CCC(C)(O)CCNC. The van der Waals surface area contributed by atoms with Gasteiger partial charge in [-0.25, -0.2) is 0 Å². The Morgan fingerprint density at radius 1 is 1.56 bits per heavy atom. The molecule has 2 nitrogen and oxygen atoms in total. The van der Waals surface area contributed by atoms with Crippen LogP contribution in [0.15, 0.2) is 0 Å². The van der Waals surface area contributed by atoms with Crippen LogP contribution in [0.3, 0.4) is 0 Å². The fourth-order valence-corrected chi connectivity index (χ4v) is 0.571. The maximum Gasteiger partial charge on any atom is 0.0629 e. The lowest BCUT2D eigenvalue weighted by Gasteiger charge is -2.20. The zero-order valence-electron chi connectivity index (χ0n) is 6.57. The highest BCUT2D eigenvalue weighted by Crippen LogP contribution is 2.11. The minimum atomic E-state index is -0.469. The summed E-state index contributed by atoms with van der Waals surface area (Å²) in [6.45, 7) is 4.75. The number of hydrogen-bond acceptors (Lipinski definition) is 2. The Balaban J connectivity index is 3.33. The van der Waals surface area contributed by atoms with E-state index >= 15 is 0 Å². The molecule has 1 atom stereocenters. The average Bonchev–Trinajstić information content (AvgIpc) is 1.84. The summed E-state index contributed by atoms with van der Waals surface area (Å²) in [5, 5.41) is 12.4. The number of nitrogens with one attached hydrogen (secondary N) is 1. The molecule has 0 bridgehead atoms. The molecule has 0 aromatic rings. The second-order valence-corrected chi connectivity index (χ2v) is 2.70. The van der Waals surface area contributed by atoms with E-state index < -0.39 is 5.60 Å². The Morgan fingerprint density at radius 2 is 2.11 bits per heavy atom. The third kappa shape index (κ3) is 4.43. The van der Waals surface area contributed by atoms with Crippen molar-refractivity contribution in [3.63, 3.8) is 0 Å². The minimum Gasteiger partial charge on any atom is -0.390 e. The quantitative estimate of drug-likeness (QED) is 0.590. The van der Waals surface area contributed by atoms with Crippen LogP contribution < -0.4 is 5.32 Å². The molecule has 0 fully saturated rings. The van der Waals surface area contributed by atoms with E-state index in [2.05, 4.69) is 5.32 Å². The van der Waals surface area contributed by atoms with E-state index in [4.69, 9.17) is 0 Å². The molecule has 56 valence electrons. The molecule has 2 heteroatoms. The summed E-state index contributed by atoms with van der Waals surface area (Å²) in [6.07, 6.45) is 1.66. The molecule has 0 aliphatic rings. The summed E-state index contributed by atoms with van der Waals surface area (Å²) in [6, 6.07) is 0. The Morgan fingerprint density at radius 3 is 2.44 bits per heavy atom. The van der Waals surface area contributed by atoms with E-state index in [1.54, 1.807) is 0 Å². The van der Waals surface area contributed by atoms with Crippen molar-refractivity contribution >= 4 is 0 Å². The monoisotopic (exact) mass is 131 g/mol. The van der Waals surface area contributed by atoms with E-state index in [0.29, 0.717) is 0 Å². The molecule has 0 saturated carbocycles. The van der Waals surface area contributed by atoms with Gasteiger partial charge in [0, 0.05) is 0 Å². The first kappa shape index (κ1) is 8.92. The van der Waals surface area contributed by atoms with Gasteiger partial charge in [0.2, 0.25) is 0 Å². The Hall–Kier alpha value is -0.0800. The van der Waals surface area contributed by atoms with Gasteiger partial charge in [0.15, 0.2) is 0 Å². The van der Waals surface area contributed by atoms with Gasteiger partial charge >= 0.3 is 0 Å². The van der Waals surface area contributed by atoms with Crippen molar-refractivity contribution < 1.29 is 5.11 Å². The summed E-state index contributed by atoms with van der Waals surface area (Å²) in [7, 11) is 1.89. The highest BCUT2D eigenvalue weighted by Gasteiger charge is 2.15. The van der Waals surface area contributed by atoms with Crippen LogP contribution in [0, 0.1) is 0 Å². The molecule has 0 radical (unpaired) electrons. The topological polar surface area (TPSA) is 32.3 Å². The molecular formula is C7H17NO. The standard InChI is InChI=1S/C7H17NO/c1-4-7(2,9)5-6-8-3/h8-9H,4-6H2,1-3H3. The zero-order valence-corrected chi connectivity index (χ0v) is 6.57. The second kappa shape index (κ2) is 3.85. The first-order valence-electron chi connectivity index (χ1n) is 3.49. The van der Waals surface area contributed by atoms with E-state index in [1.165, 1.54) is 0 Å². The summed E-state index contributed by atoms with van der Waals surface area (Å²) in [5.74, 6) is 0. The molecule has 0 heterocycles. The van der Waals surface area contributed by atoms with E-state index in [-0.39, 0.29) is 0 Å². The maximum absolute atomic E-state index is 9.41. The number of rotatable bonds is 4. The second-order valence-electron chi connectivity index (χ2n) is 2.70. The van der Waals surface area contributed by atoms with Gasteiger partial charge in [0.05, 0.1) is 5.60 Å². The fraction of sp³-hybridized carbons (Fsp3) is 1.00. The number of aliphatic hydroxyl groups is 1. The van der Waals surface area contributed by atoms with Crippen LogP contribution in [0.2, 0.25) is 0 Å². The smallest absolute Gasteiger partial charge is 0.0629 e. The lowest BCUT2D eigenvalue weighted by molar-refractivity contribution is 0.0478. The van der Waals surface area contributed by atoms with E-state index in [9.17, 15) is 5.11 Å². The average molecular weight is 131 g/mol.